The number of hydrogen-bond acceptors (Lipinski definition) is 3. The Kier molecular flexibility index (Phi) is 3.59. The molecule has 0 aromatic carbocycles. The maximum absolute atomic E-state index is 6.32. The summed E-state index contributed by atoms with van der Waals surface area (Å²) < 4.78 is 2.74. The first-order chi connectivity index (χ1) is 8.15. The molecule has 1 atom stereocenters. The minimum absolute atomic E-state index is 0.185. The van der Waals surface area contributed by atoms with Gasteiger partial charge in [-0.15, -0.1) is 0 Å². The van der Waals surface area contributed by atoms with E-state index in [1.807, 2.05) is 19.3 Å². The molecule has 0 fully saturated rings. The molecule has 4 nitrogen and oxygen atoms in total. The molecule has 17 heavy (non-hydrogen) atoms. The summed E-state index contributed by atoms with van der Waals surface area (Å²) in [6.45, 7) is 2.10. The molecule has 5 heteroatoms. The fraction of sp³-hybridized carbons (Fsp3) is 0.333. The molecule has 0 aliphatic heterocycles. The largest absolute Gasteiger partial charge is 0.319 e. The number of nitrogens with two attached hydrogens (primary N) is 1. The van der Waals surface area contributed by atoms with E-state index in [9.17, 15) is 0 Å². The summed E-state index contributed by atoms with van der Waals surface area (Å²) in [5, 5.41) is 4.19. The van der Waals surface area contributed by atoms with Crippen LogP contribution >= 0.6 is 15.9 Å². The molecular weight excluding hydrogens is 280 g/mol. The number of aromatic nitrogens is 3. The summed E-state index contributed by atoms with van der Waals surface area (Å²) in [6.07, 6.45) is 6.34. The van der Waals surface area contributed by atoms with Gasteiger partial charge in [-0.25, -0.2) is 0 Å². The Morgan fingerprint density at radius 2 is 2.24 bits per heavy atom. The van der Waals surface area contributed by atoms with Gasteiger partial charge in [-0.1, -0.05) is 6.92 Å². The summed E-state index contributed by atoms with van der Waals surface area (Å²) in [7, 11) is 1.90. The van der Waals surface area contributed by atoms with Crippen molar-refractivity contribution in [1.29, 1.82) is 0 Å². The van der Waals surface area contributed by atoms with Crippen molar-refractivity contribution < 1.29 is 0 Å². The standard InChI is InChI=1S/C12H15BrN4/c1-3-8-6-15-5-4-9(8)11(14)12-10(13)7-16-17(12)2/h4-7,11H,3,14H2,1-2H3. The van der Waals surface area contributed by atoms with Crippen molar-refractivity contribution in [3.63, 3.8) is 0 Å². The lowest BCUT2D eigenvalue weighted by atomic mass is 9.99. The van der Waals surface area contributed by atoms with Crippen molar-refractivity contribution in [3.05, 3.63) is 46.0 Å². The van der Waals surface area contributed by atoms with Crippen molar-refractivity contribution in [2.24, 2.45) is 12.8 Å². The predicted octanol–water partition coefficient (Wildman–Crippen LogP) is 2.19. The van der Waals surface area contributed by atoms with Crippen LogP contribution in [-0.4, -0.2) is 14.8 Å². The number of hydrogen-bond donors (Lipinski definition) is 1. The van der Waals surface area contributed by atoms with Crippen LogP contribution in [0, 0.1) is 0 Å². The summed E-state index contributed by atoms with van der Waals surface area (Å²) >= 11 is 3.48. The minimum atomic E-state index is -0.185. The van der Waals surface area contributed by atoms with Crippen molar-refractivity contribution in [2.75, 3.05) is 0 Å². The van der Waals surface area contributed by atoms with Gasteiger partial charge in [0.1, 0.15) is 0 Å². The van der Waals surface area contributed by atoms with Gasteiger partial charge in [0.2, 0.25) is 0 Å². The topological polar surface area (TPSA) is 56.7 Å². The van der Waals surface area contributed by atoms with Crippen LogP contribution in [0.15, 0.2) is 29.1 Å². The third kappa shape index (κ3) is 2.25. The van der Waals surface area contributed by atoms with E-state index in [0.29, 0.717) is 0 Å². The van der Waals surface area contributed by atoms with E-state index in [4.69, 9.17) is 5.73 Å². The Labute approximate surface area is 109 Å². The van der Waals surface area contributed by atoms with Gasteiger partial charge in [0.15, 0.2) is 0 Å². The number of aryl methyl sites for hydroxylation is 2. The monoisotopic (exact) mass is 294 g/mol. The van der Waals surface area contributed by atoms with Crippen molar-refractivity contribution in [2.45, 2.75) is 19.4 Å². The molecule has 0 saturated heterocycles. The molecule has 2 rings (SSSR count). The lowest BCUT2D eigenvalue weighted by Crippen LogP contribution is -2.18. The second kappa shape index (κ2) is 4.98. The van der Waals surface area contributed by atoms with Gasteiger partial charge in [0, 0.05) is 19.4 Å². The van der Waals surface area contributed by atoms with Gasteiger partial charge in [-0.2, -0.15) is 5.10 Å². The molecule has 0 bridgehead atoms. The van der Waals surface area contributed by atoms with Crippen LogP contribution in [0.2, 0.25) is 0 Å². The highest BCUT2D eigenvalue weighted by Crippen LogP contribution is 2.27. The van der Waals surface area contributed by atoms with Gasteiger partial charge >= 0.3 is 0 Å². The van der Waals surface area contributed by atoms with E-state index in [-0.39, 0.29) is 6.04 Å². The first-order valence-electron chi connectivity index (χ1n) is 5.51. The fourth-order valence-electron chi connectivity index (χ4n) is 1.95. The van der Waals surface area contributed by atoms with Gasteiger partial charge in [-0.3, -0.25) is 9.67 Å². The Balaban J connectivity index is 2.47. The highest BCUT2D eigenvalue weighted by molar-refractivity contribution is 9.10. The quantitative estimate of drug-likeness (QED) is 0.944. The number of pyridine rings is 1. The molecule has 2 aromatic rings. The van der Waals surface area contributed by atoms with Crippen LogP contribution < -0.4 is 5.73 Å². The van der Waals surface area contributed by atoms with Crippen LogP contribution in [0.1, 0.15) is 29.8 Å². The normalized spacial score (nSPS) is 12.7. The van der Waals surface area contributed by atoms with Crippen LogP contribution in [0.25, 0.3) is 0 Å². The SMILES string of the molecule is CCc1cnccc1C(N)c1c(Br)cnn1C. The highest BCUT2D eigenvalue weighted by atomic mass is 79.9. The lowest BCUT2D eigenvalue weighted by molar-refractivity contribution is 0.667. The lowest BCUT2D eigenvalue weighted by Gasteiger charge is -2.16. The average Bonchev–Trinajstić information content (AvgIpc) is 2.68. The second-order valence-corrected chi connectivity index (χ2v) is 4.76. The van der Waals surface area contributed by atoms with Crippen molar-refractivity contribution >= 4 is 15.9 Å². The molecule has 1 unspecified atom stereocenters. The number of halogens is 1. The average molecular weight is 295 g/mol. The van der Waals surface area contributed by atoms with Crippen LogP contribution in [0.4, 0.5) is 0 Å². The molecule has 0 radical (unpaired) electrons. The molecule has 2 aromatic heterocycles. The Bertz CT molecular complexity index is 501. The Hall–Kier alpha value is -1.20. The summed E-state index contributed by atoms with van der Waals surface area (Å²) in [4.78, 5) is 4.14. The van der Waals surface area contributed by atoms with Gasteiger partial charge in [0.25, 0.3) is 0 Å². The third-order valence-corrected chi connectivity index (χ3v) is 3.50. The van der Waals surface area contributed by atoms with Crippen molar-refractivity contribution in [3.8, 4) is 0 Å². The zero-order chi connectivity index (χ0) is 12.4. The van der Waals surface area contributed by atoms with E-state index < -0.39 is 0 Å². The minimum Gasteiger partial charge on any atom is -0.319 e. The van der Waals surface area contributed by atoms with E-state index in [0.717, 1.165) is 22.2 Å². The third-order valence-electron chi connectivity index (χ3n) is 2.89. The molecular formula is C12H15BrN4. The predicted molar refractivity (Wildman–Crippen MR) is 70.6 cm³/mol. The van der Waals surface area contributed by atoms with Gasteiger partial charge in [-0.05, 0) is 39.5 Å². The highest BCUT2D eigenvalue weighted by Gasteiger charge is 2.18. The maximum atomic E-state index is 6.32. The van der Waals surface area contributed by atoms with Gasteiger partial charge < -0.3 is 5.73 Å². The van der Waals surface area contributed by atoms with Crippen molar-refractivity contribution in [1.82, 2.24) is 14.8 Å². The second-order valence-electron chi connectivity index (χ2n) is 3.91. The molecule has 0 aliphatic carbocycles. The first kappa shape index (κ1) is 12.3. The molecule has 0 spiro atoms. The molecule has 0 aliphatic rings. The number of nitrogens with zero attached hydrogens (tertiary/aromatic N) is 3. The van der Waals surface area contributed by atoms with E-state index in [1.54, 1.807) is 17.1 Å². The molecule has 90 valence electrons. The molecule has 2 N–H and O–H groups in total. The van der Waals surface area contributed by atoms with E-state index >= 15 is 0 Å². The van der Waals surface area contributed by atoms with Crippen LogP contribution in [0.5, 0.6) is 0 Å². The zero-order valence-electron chi connectivity index (χ0n) is 9.89. The first-order valence-corrected chi connectivity index (χ1v) is 6.30. The summed E-state index contributed by atoms with van der Waals surface area (Å²) in [5.41, 5.74) is 9.58. The van der Waals surface area contributed by atoms with Crippen LogP contribution in [0.3, 0.4) is 0 Å². The smallest absolute Gasteiger partial charge is 0.0738 e. The summed E-state index contributed by atoms with van der Waals surface area (Å²) in [5.74, 6) is 0. The molecule has 0 amide bonds. The molecule has 0 saturated carbocycles. The van der Waals surface area contributed by atoms with E-state index in [2.05, 4.69) is 32.9 Å². The number of rotatable bonds is 3. The maximum Gasteiger partial charge on any atom is 0.0738 e. The molecule has 2 heterocycles. The van der Waals surface area contributed by atoms with Gasteiger partial charge in [0.05, 0.1) is 22.4 Å². The van der Waals surface area contributed by atoms with Crippen LogP contribution in [-0.2, 0) is 13.5 Å². The zero-order valence-corrected chi connectivity index (χ0v) is 11.5. The Morgan fingerprint density at radius 1 is 1.47 bits per heavy atom. The summed E-state index contributed by atoms with van der Waals surface area (Å²) in [6, 6.07) is 1.79. The van der Waals surface area contributed by atoms with E-state index in [1.165, 1.54) is 5.56 Å². The fourth-order valence-corrected chi connectivity index (χ4v) is 2.55. The Morgan fingerprint density at radius 3 is 2.82 bits per heavy atom.